The second kappa shape index (κ2) is 7.45. The molecule has 140 valence electrons. The Morgan fingerprint density at radius 3 is 2.48 bits per heavy atom. The maximum absolute atomic E-state index is 6.25. The second-order valence-electron chi connectivity index (χ2n) is 7.01. The van der Waals surface area contributed by atoms with E-state index in [0.29, 0.717) is 10.0 Å². The summed E-state index contributed by atoms with van der Waals surface area (Å²) in [7, 11) is 4.09. The average Bonchev–Trinajstić information content (AvgIpc) is 2.85. The van der Waals surface area contributed by atoms with Crippen LogP contribution in [0.1, 0.15) is 18.4 Å². The second-order valence-corrected chi connectivity index (χ2v) is 7.83. The Morgan fingerprint density at radius 2 is 1.78 bits per heavy atom. The van der Waals surface area contributed by atoms with Gasteiger partial charge < -0.3 is 10.2 Å². The molecule has 1 aliphatic rings. The molecule has 2 heterocycles. The summed E-state index contributed by atoms with van der Waals surface area (Å²) in [6.07, 6.45) is 3.30. The van der Waals surface area contributed by atoms with E-state index in [9.17, 15) is 0 Å². The standard InChI is InChI=1S/C21H22Cl2N4/c1-26(2)15-8-6-14(7-9-15)20-17-5-3-4-12-24-21(17)27(25-20)16-10-11-18(22)19(23)13-16/h6-11,13,24H,3-5,12H2,1-2H3. The first-order valence-electron chi connectivity index (χ1n) is 9.13. The number of aromatic nitrogens is 2. The Bertz CT molecular complexity index is 961. The van der Waals surface area contributed by atoms with Gasteiger partial charge in [-0.2, -0.15) is 5.10 Å². The molecule has 6 heteroatoms. The first-order valence-corrected chi connectivity index (χ1v) is 9.89. The molecule has 0 spiro atoms. The molecule has 0 fully saturated rings. The van der Waals surface area contributed by atoms with E-state index >= 15 is 0 Å². The van der Waals surface area contributed by atoms with E-state index in [0.717, 1.165) is 48.6 Å². The van der Waals surface area contributed by atoms with Gasteiger partial charge in [-0.05, 0) is 49.6 Å². The summed E-state index contributed by atoms with van der Waals surface area (Å²) >= 11 is 12.3. The zero-order valence-corrected chi connectivity index (χ0v) is 17.0. The van der Waals surface area contributed by atoms with Crippen LogP contribution in [-0.2, 0) is 6.42 Å². The number of nitrogens with one attached hydrogen (secondary N) is 1. The highest BCUT2D eigenvalue weighted by molar-refractivity contribution is 6.42. The summed E-state index contributed by atoms with van der Waals surface area (Å²) in [6.45, 7) is 0.943. The number of rotatable bonds is 3. The number of anilines is 2. The summed E-state index contributed by atoms with van der Waals surface area (Å²) < 4.78 is 1.96. The van der Waals surface area contributed by atoms with Crippen LogP contribution in [0.25, 0.3) is 16.9 Å². The fourth-order valence-electron chi connectivity index (χ4n) is 3.46. The lowest BCUT2D eigenvalue weighted by atomic mass is 10.0. The van der Waals surface area contributed by atoms with E-state index in [1.54, 1.807) is 0 Å². The van der Waals surface area contributed by atoms with Gasteiger partial charge in [-0.3, -0.25) is 0 Å². The van der Waals surface area contributed by atoms with Gasteiger partial charge in [0.15, 0.2) is 0 Å². The van der Waals surface area contributed by atoms with Gasteiger partial charge in [0.25, 0.3) is 0 Å². The Hall–Kier alpha value is -2.17. The third-order valence-electron chi connectivity index (χ3n) is 4.93. The highest BCUT2D eigenvalue weighted by Gasteiger charge is 2.22. The van der Waals surface area contributed by atoms with Crippen molar-refractivity contribution in [3.63, 3.8) is 0 Å². The first-order chi connectivity index (χ1) is 13.0. The van der Waals surface area contributed by atoms with Crippen LogP contribution in [0.15, 0.2) is 42.5 Å². The van der Waals surface area contributed by atoms with Crippen molar-refractivity contribution in [2.75, 3.05) is 30.9 Å². The van der Waals surface area contributed by atoms with Gasteiger partial charge in [0.2, 0.25) is 0 Å². The minimum Gasteiger partial charge on any atom is -0.378 e. The molecule has 0 saturated heterocycles. The van der Waals surface area contributed by atoms with Crippen molar-refractivity contribution in [1.82, 2.24) is 9.78 Å². The molecule has 3 aromatic rings. The lowest BCUT2D eigenvalue weighted by Gasteiger charge is -2.12. The first kappa shape index (κ1) is 18.2. The van der Waals surface area contributed by atoms with Gasteiger partial charge in [0.05, 0.1) is 21.4 Å². The van der Waals surface area contributed by atoms with Crippen LogP contribution in [-0.4, -0.2) is 30.4 Å². The largest absolute Gasteiger partial charge is 0.378 e. The smallest absolute Gasteiger partial charge is 0.133 e. The van der Waals surface area contributed by atoms with Crippen molar-refractivity contribution in [2.45, 2.75) is 19.3 Å². The monoisotopic (exact) mass is 400 g/mol. The van der Waals surface area contributed by atoms with Crippen molar-refractivity contribution in [3.8, 4) is 16.9 Å². The Balaban J connectivity index is 1.85. The third-order valence-corrected chi connectivity index (χ3v) is 5.67. The zero-order chi connectivity index (χ0) is 19.0. The quantitative estimate of drug-likeness (QED) is 0.615. The van der Waals surface area contributed by atoms with E-state index in [-0.39, 0.29) is 0 Å². The molecule has 1 N–H and O–H groups in total. The van der Waals surface area contributed by atoms with Crippen LogP contribution >= 0.6 is 23.2 Å². The van der Waals surface area contributed by atoms with E-state index in [4.69, 9.17) is 28.3 Å². The van der Waals surface area contributed by atoms with Gasteiger partial charge in [0.1, 0.15) is 5.82 Å². The van der Waals surface area contributed by atoms with Crippen LogP contribution in [0, 0.1) is 0 Å². The van der Waals surface area contributed by atoms with Gasteiger partial charge in [-0.15, -0.1) is 0 Å². The zero-order valence-electron chi connectivity index (χ0n) is 15.5. The summed E-state index contributed by atoms with van der Waals surface area (Å²) in [4.78, 5) is 2.10. The molecule has 1 aliphatic heterocycles. The molecule has 4 nitrogen and oxygen atoms in total. The SMILES string of the molecule is CN(C)c1ccc(-c2nn(-c3ccc(Cl)c(Cl)c3)c3c2CCCCN3)cc1. The number of nitrogens with zero attached hydrogens (tertiary/aromatic N) is 3. The molecule has 27 heavy (non-hydrogen) atoms. The molecule has 0 aliphatic carbocycles. The Kier molecular flexibility index (Phi) is 5.02. The Labute approximate surface area is 169 Å². The number of hydrogen-bond donors (Lipinski definition) is 1. The molecule has 0 unspecified atom stereocenters. The molecule has 1 aromatic heterocycles. The van der Waals surface area contributed by atoms with Gasteiger partial charge >= 0.3 is 0 Å². The molecule has 0 atom stereocenters. The lowest BCUT2D eigenvalue weighted by Crippen LogP contribution is -2.08. The maximum Gasteiger partial charge on any atom is 0.133 e. The van der Waals surface area contributed by atoms with Crippen LogP contribution < -0.4 is 10.2 Å². The predicted octanol–water partition coefficient (Wildman–Crippen LogP) is 5.66. The maximum atomic E-state index is 6.25. The van der Waals surface area contributed by atoms with Crippen molar-refractivity contribution in [2.24, 2.45) is 0 Å². The minimum atomic E-state index is 0.531. The normalized spacial score (nSPS) is 13.6. The third kappa shape index (κ3) is 3.52. The van der Waals surface area contributed by atoms with E-state index in [1.165, 1.54) is 11.3 Å². The highest BCUT2D eigenvalue weighted by Crippen LogP contribution is 2.35. The van der Waals surface area contributed by atoms with Gasteiger partial charge in [0, 0.05) is 37.5 Å². The average molecular weight is 401 g/mol. The summed E-state index contributed by atoms with van der Waals surface area (Å²) in [5.74, 6) is 1.05. The van der Waals surface area contributed by atoms with Gasteiger partial charge in [-0.25, -0.2) is 4.68 Å². The van der Waals surface area contributed by atoms with Crippen LogP contribution in [0.4, 0.5) is 11.5 Å². The molecule has 0 amide bonds. The van der Waals surface area contributed by atoms with Crippen molar-refractivity contribution in [1.29, 1.82) is 0 Å². The summed E-state index contributed by atoms with van der Waals surface area (Å²) in [5.41, 5.74) is 5.49. The van der Waals surface area contributed by atoms with Crippen LogP contribution in [0.5, 0.6) is 0 Å². The van der Waals surface area contributed by atoms with Gasteiger partial charge in [-0.1, -0.05) is 35.3 Å². The molecule has 2 aromatic carbocycles. The fraction of sp³-hybridized carbons (Fsp3) is 0.286. The highest BCUT2D eigenvalue weighted by atomic mass is 35.5. The molecule has 0 bridgehead atoms. The molecular formula is C21H22Cl2N4. The Morgan fingerprint density at radius 1 is 1.00 bits per heavy atom. The minimum absolute atomic E-state index is 0.531. The lowest BCUT2D eigenvalue weighted by molar-refractivity contribution is 0.780. The molecule has 0 saturated carbocycles. The molecule has 0 radical (unpaired) electrons. The van der Waals surface area contributed by atoms with E-state index < -0.39 is 0 Å². The van der Waals surface area contributed by atoms with E-state index in [2.05, 4.69) is 34.5 Å². The fourth-order valence-corrected chi connectivity index (χ4v) is 3.75. The van der Waals surface area contributed by atoms with Crippen molar-refractivity contribution in [3.05, 3.63) is 58.1 Å². The number of fused-ring (bicyclic) bond motifs is 1. The topological polar surface area (TPSA) is 33.1 Å². The summed E-state index contributed by atoms with van der Waals surface area (Å²) in [5, 5.41) is 9.60. The van der Waals surface area contributed by atoms with Crippen LogP contribution in [0.3, 0.4) is 0 Å². The molecule has 4 rings (SSSR count). The number of hydrogen-bond acceptors (Lipinski definition) is 3. The number of halogens is 2. The number of benzene rings is 2. The summed E-state index contributed by atoms with van der Waals surface area (Å²) in [6, 6.07) is 14.2. The van der Waals surface area contributed by atoms with Crippen molar-refractivity contribution < 1.29 is 0 Å². The molecular weight excluding hydrogens is 379 g/mol. The predicted molar refractivity (Wildman–Crippen MR) is 115 cm³/mol. The van der Waals surface area contributed by atoms with Crippen LogP contribution in [0.2, 0.25) is 10.0 Å². The van der Waals surface area contributed by atoms with Crippen molar-refractivity contribution >= 4 is 34.7 Å². The van der Waals surface area contributed by atoms with E-state index in [1.807, 2.05) is 37.0 Å².